The Labute approximate surface area is 189 Å². The molecule has 0 unspecified atom stereocenters. The van der Waals surface area contributed by atoms with Crippen LogP contribution in [-0.4, -0.2) is 22.6 Å². The maximum Gasteiger partial charge on any atom is 0.416 e. The third-order valence-electron chi connectivity index (χ3n) is 4.24. The summed E-state index contributed by atoms with van der Waals surface area (Å²) in [6.07, 6.45) is -0.00114. The Bertz CT molecular complexity index is 1170. The molecule has 31 heavy (non-hydrogen) atoms. The van der Waals surface area contributed by atoms with Gasteiger partial charge in [0.15, 0.2) is 0 Å². The first-order chi connectivity index (χ1) is 14.7. The SMILES string of the molecule is COC(=O)/C(S)=C(/C=C/n1cnc2ccc(Br)cc21)OCc1ccccc1C(F)(F)F. The molecule has 2 aromatic carbocycles. The molecule has 0 radical (unpaired) electrons. The Kier molecular flexibility index (Phi) is 7.11. The van der Waals surface area contributed by atoms with Crippen molar-refractivity contribution in [2.24, 2.45) is 0 Å². The number of esters is 1. The van der Waals surface area contributed by atoms with Crippen molar-refractivity contribution in [1.82, 2.24) is 9.55 Å². The second kappa shape index (κ2) is 9.61. The molecule has 162 valence electrons. The van der Waals surface area contributed by atoms with Crippen molar-refractivity contribution in [3.8, 4) is 0 Å². The molecule has 0 atom stereocenters. The van der Waals surface area contributed by atoms with E-state index in [4.69, 9.17) is 4.74 Å². The van der Waals surface area contributed by atoms with Crippen LogP contribution in [0.5, 0.6) is 0 Å². The van der Waals surface area contributed by atoms with Gasteiger partial charge in [0, 0.05) is 16.2 Å². The number of alkyl halides is 3. The molecule has 1 aromatic heterocycles. The van der Waals surface area contributed by atoms with E-state index in [2.05, 4.69) is 38.3 Å². The molecule has 0 aliphatic carbocycles. The van der Waals surface area contributed by atoms with E-state index in [1.54, 1.807) is 17.1 Å². The summed E-state index contributed by atoms with van der Waals surface area (Å²) in [5.41, 5.74) is 0.607. The summed E-state index contributed by atoms with van der Waals surface area (Å²) in [4.78, 5) is 16.0. The molecule has 5 nitrogen and oxygen atoms in total. The zero-order valence-electron chi connectivity index (χ0n) is 16.1. The maximum absolute atomic E-state index is 13.2. The minimum Gasteiger partial charge on any atom is -0.487 e. The largest absolute Gasteiger partial charge is 0.487 e. The number of nitrogens with zero attached hydrogens (tertiary/aromatic N) is 2. The van der Waals surface area contributed by atoms with Crippen molar-refractivity contribution in [2.75, 3.05) is 7.11 Å². The van der Waals surface area contributed by atoms with Gasteiger partial charge in [0.2, 0.25) is 0 Å². The predicted octanol–water partition coefficient (Wildman–Crippen LogP) is 5.82. The summed E-state index contributed by atoms with van der Waals surface area (Å²) in [6.45, 7) is -0.424. The van der Waals surface area contributed by atoms with Gasteiger partial charge in [-0.1, -0.05) is 34.1 Å². The molecule has 0 amide bonds. The number of ether oxygens (including phenoxy) is 2. The van der Waals surface area contributed by atoms with E-state index >= 15 is 0 Å². The fraction of sp³-hybridized carbons (Fsp3) is 0.143. The number of allylic oxidation sites excluding steroid dienone is 1. The maximum atomic E-state index is 13.2. The van der Waals surface area contributed by atoms with E-state index < -0.39 is 24.3 Å². The zero-order valence-corrected chi connectivity index (χ0v) is 18.5. The van der Waals surface area contributed by atoms with Crippen LogP contribution in [0.4, 0.5) is 13.2 Å². The van der Waals surface area contributed by atoms with Gasteiger partial charge in [0.05, 0.1) is 30.0 Å². The lowest BCUT2D eigenvalue weighted by Gasteiger charge is -2.14. The third kappa shape index (κ3) is 5.50. The Morgan fingerprint density at radius 3 is 2.71 bits per heavy atom. The highest BCUT2D eigenvalue weighted by molar-refractivity contribution is 9.10. The summed E-state index contributed by atoms with van der Waals surface area (Å²) in [5.74, 6) is -0.839. The van der Waals surface area contributed by atoms with Crippen molar-refractivity contribution < 1.29 is 27.4 Å². The molecular weight excluding hydrogens is 497 g/mol. The number of carbonyl (C=O) groups excluding carboxylic acids is 1. The molecule has 0 aliphatic heterocycles. The first-order valence-corrected chi connectivity index (χ1v) is 10.0. The number of aromatic nitrogens is 2. The van der Waals surface area contributed by atoms with Gasteiger partial charge in [0.25, 0.3) is 0 Å². The second-order valence-electron chi connectivity index (χ2n) is 6.25. The Morgan fingerprint density at radius 2 is 2.00 bits per heavy atom. The highest BCUT2D eigenvalue weighted by Crippen LogP contribution is 2.32. The normalized spacial score (nSPS) is 12.8. The number of fused-ring (bicyclic) bond motifs is 1. The van der Waals surface area contributed by atoms with Gasteiger partial charge in [-0.3, -0.25) is 0 Å². The lowest BCUT2D eigenvalue weighted by Crippen LogP contribution is -2.10. The summed E-state index contributed by atoms with van der Waals surface area (Å²) >= 11 is 7.52. The van der Waals surface area contributed by atoms with Crippen LogP contribution in [-0.2, 0) is 27.1 Å². The smallest absolute Gasteiger partial charge is 0.416 e. The summed E-state index contributed by atoms with van der Waals surface area (Å²) in [5, 5.41) is 0. The van der Waals surface area contributed by atoms with Crippen molar-refractivity contribution in [3.63, 3.8) is 0 Å². The number of imidazole rings is 1. The number of methoxy groups -OCH3 is 1. The molecule has 0 N–H and O–H groups in total. The van der Waals surface area contributed by atoms with E-state index in [-0.39, 0.29) is 16.2 Å². The highest BCUT2D eigenvalue weighted by atomic mass is 79.9. The third-order valence-corrected chi connectivity index (χ3v) is 5.14. The van der Waals surface area contributed by atoms with Crippen LogP contribution in [0.15, 0.2) is 70.0 Å². The quantitative estimate of drug-likeness (QED) is 0.149. The van der Waals surface area contributed by atoms with Crippen molar-refractivity contribution in [1.29, 1.82) is 0 Å². The van der Waals surface area contributed by atoms with Crippen LogP contribution >= 0.6 is 28.6 Å². The van der Waals surface area contributed by atoms with Gasteiger partial charge in [-0.2, -0.15) is 13.2 Å². The average molecular weight is 513 g/mol. The Morgan fingerprint density at radius 1 is 1.26 bits per heavy atom. The standard InChI is InChI=1S/C21H16BrF3N2O3S/c1-29-20(28)19(31)18(30-11-13-4-2-3-5-15(13)21(23,24)25)8-9-27-12-26-16-7-6-14(22)10-17(16)27/h2-10,12,31H,11H2,1H3/b9-8+,19-18+. The molecule has 0 fully saturated rings. The fourth-order valence-electron chi connectivity index (χ4n) is 2.74. The molecule has 0 aliphatic rings. The fourth-order valence-corrected chi connectivity index (χ4v) is 3.32. The molecular formula is C21H16BrF3N2O3S. The molecule has 0 saturated carbocycles. The monoisotopic (exact) mass is 512 g/mol. The molecule has 0 saturated heterocycles. The number of hydrogen-bond acceptors (Lipinski definition) is 5. The molecule has 0 spiro atoms. The zero-order chi connectivity index (χ0) is 22.6. The number of rotatable bonds is 6. The van der Waals surface area contributed by atoms with E-state index in [0.717, 1.165) is 21.6 Å². The van der Waals surface area contributed by atoms with Gasteiger partial charge in [-0.15, -0.1) is 12.6 Å². The number of hydrogen-bond donors (Lipinski definition) is 1. The van der Waals surface area contributed by atoms with Gasteiger partial charge < -0.3 is 14.0 Å². The van der Waals surface area contributed by atoms with E-state index in [1.165, 1.54) is 31.4 Å². The highest BCUT2D eigenvalue weighted by Gasteiger charge is 2.33. The molecule has 3 rings (SSSR count). The van der Waals surface area contributed by atoms with Gasteiger partial charge in [-0.05, 0) is 30.3 Å². The van der Waals surface area contributed by atoms with Gasteiger partial charge >= 0.3 is 12.1 Å². The van der Waals surface area contributed by atoms with Crippen molar-refractivity contribution >= 4 is 51.8 Å². The Hall–Kier alpha value is -2.72. The van der Waals surface area contributed by atoms with E-state index in [9.17, 15) is 18.0 Å². The Balaban J connectivity index is 1.92. The first kappa shape index (κ1) is 23.0. The molecule has 1 heterocycles. The van der Waals surface area contributed by atoms with Crippen LogP contribution < -0.4 is 0 Å². The molecule has 0 bridgehead atoms. The van der Waals surface area contributed by atoms with Crippen LogP contribution in [0.3, 0.4) is 0 Å². The molecule has 10 heteroatoms. The summed E-state index contributed by atoms with van der Waals surface area (Å²) in [6, 6.07) is 10.6. The van der Waals surface area contributed by atoms with Crippen molar-refractivity contribution in [2.45, 2.75) is 12.8 Å². The summed E-state index contributed by atoms with van der Waals surface area (Å²) in [7, 11) is 1.17. The molecule has 3 aromatic rings. The average Bonchev–Trinajstić information content (AvgIpc) is 3.14. The first-order valence-electron chi connectivity index (χ1n) is 8.80. The van der Waals surface area contributed by atoms with Crippen LogP contribution in [0.25, 0.3) is 17.2 Å². The number of halogens is 4. The predicted molar refractivity (Wildman–Crippen MR) is 117 cm³/mol. The lowest BCUT2D eigenvalue weighted by molar-refractivity contribution is -0.139. The topological polar surface area (TPSA) is 53.4 Å². The van der Waals surface area contributed by atoms with Gasteiger partial charge in [0.1, 0.15) is 17.3 Å². The number of benzene rings is 2. The van der Waals surface area contributed by atoms with Crippen LogP contribution in [0.2, 0.25) is 0 Å². The lowest BCUT2D eigenvalue weighted by atomic mass is 10.1. The number of thiol groups is 1. The minimum atomic E-state index is -4.53. The van der Waals surface area contributed by atoms with Crippen molar-refractivity contribution in [3.05, 3.63) is 81.1 Å². The number of carbonyl (C=O) groups is 1. The van der Waals surface area contributed by atoms with Crippen LogP contribution in [0, 0.1) is 0 Å². The van der Waals surface area contributed by atoms with E-state index in [0.29, 0.717) is 0 Å². The van der Waals surface area contributed by atoms with Gasteiger partial charge in [-0.25, -0.2) is 9.78 Å². The minimum absolute atomic E-state index is 0.0518. The van der Waals surface area contributed by atoms with Crippen LogP contribution in [0.1, 0.15) is 11.1 Å². The summed E-state index contributed by atoms with van der Waals surface area (Å²) < 4.78 is 52.5. The second-order valence-corrected chi connectivity index (χ2v) is 7.61. The van der Waals surface area contributed by atoms with E-state index in [1.807, 2.05) is 18.2 Å².